The van der Waals surface area contributed by atoms with E-state index in [1.54, 1.807) is 12.3 Å². The summed E-state index contributed by atoms with van der Waals surface area (Å²) in [6.45, 7) is 1.84. The van der Waals surface area contributed by atoms with Crippen LogP contribution in [0.25, 0.3) is 0 Å². The van der Waals surface area contributed by atoms with E-state index in [1.807, 2.05) is 6.92 Å². The van der Waals surface area contributed by atoms with Crippen molar-refractivity contribution < 1.29 is 8.78 Å². The molecule has 1 unspecified atom stereocenters. The van der Waals surface area contributed by atoms with Crippen molar-refractivity contribution in [1.82, 2.24) is 4.98 Å². The van der Waals surface area contributed by atoms with E-state index in [4.69, 9.17) is 17.3 Å². The van der Waals surface area contributed by atoms with Crippen molar-refractivity contribution in [2.24, 2.45) is 5.73 Å². The van der Waals surface area contributed by atoms with Gasteiger partial charge in [-0.1, -0.05) is 11.6 Å². The van der Waals surface area contributed by atoms with E-state index in [-0.39, 0.29) is 12.5 Å². The van der Waals surface area contributed by atoms with Crippen LogP contribution >= 0.6 is 34.2 Å². The van der Waals surface area contributed by atoms with Gasteiger partial charge in [-0.15, -0.1) is 0 Å². The Bertz CT molecular complexity index is 380. The van der Waals surface area contributed by atoms with Gasteiger partial charge in [0.2, 0.25) is 0 Å². The summed E-state index contributed by atoms with van der Waals surface area (Å²) in [6.07, 6.45) is 2.30. The predicted molar refractivity (Wildman–Crippen MR) is 73.8 cm³/mol. The number of halogens is 4. The molecule has 0 aromatic carbocycles. The Hall–Kier alpha value is -0.0100. The highest BCUT2D eigenvalue weighted by atomic mass is 127. The lowest BCUT2D eigenvalue weighted by Gasteiger charge is -2.10. The molecule has 2 nitrogen and oxygen atoms in total. The molecule has 1 atom stereocenters. The average molecular weight is 375 g/mol. The second-order valence-electron chi connectivity index (χ2n) is 3.95. The van der Waals surface area contributed by atoms with Crippen LogP contribution in [0.15, 0.2) is 12.3 Å². The Morgan fingerprint density at radius 1 is 1.59 bits per heavy atom. The minimum Gasteiger partial charge on any atom is -0.324 e. The summed E-state index contributed by atoms with van der Waals surface area (Å²) in [5.41, 5.74) is 7.19. The van der Waals surface area contributed by atoms with E-state index in [0.29, 0.717) is 23.6 Å². The van der Waals surface area contributed by atoms with Crippen LogP contribution in [0.4, 0.5) is 8.78 Å². The van der Waals surface area contributed by atoms with Gasteiger partial charge in [0.05, 0.1) is 10.7 Å². The quantitative estimate of drug-likeness (QED) is 0.622. The topological polar surface area (TPSA) is 38.9 Å². The minimum absolute atomic E-state index is 0.132. The molecule has 1 aromatic rings. The van der Waals surface area contributed by atoms with Crippen LogP contribution in [0.5, 0.6) is 0 Å². The molecular weight excluding hydrogens is 360 g/mol. The second kappa shape index (κ2) is 6.24. The Morgan fingerprint density at radius 3 is 2.71 bits per heavy atom. The summed E-state index contributed by atoms with van der Waals surface area (Å²) in [6, 6.07) is 1.62. The first-order valence-electron chi connectivity index (χ1n) is 5.26. The van der Waals surface area contributed by atoms with Crippen molar-refractivity contribution in [2.45, 2.75) is 36.2 Å². The minimum atomic E-state index is -2.66. The first kappa shape index (κ1) is 15.0. The van der Waals surface area contributed by atoms with Crippen LogP contribution in [-0.4, -0.2) is 8.91 Å². The van der Waals surface area contributed by atoms with Crippen LogP contribution in [0.2, 0.25) is 5.02 Å². The number of aryl methyl sites for hydroxylation is 1. The van der Waals surface area contributed by atoms with Gasteiger partial charge in [-0.3, -0.25) is 4.98 Å². The lowest BCUT2D eigenvalue weighted by Crippen LogP contribution is -2.07. The average Bonchev–Trinajstić information content (AvgIpc) is 2.18. The zero-order chi connectivity index (χ0) is 13.1. The van der Waals surface area contributed by atoms with Gasteiger partial charge in [0, 0.05) is 18.7 Å². The maximum Gasteiger partial charge on any atom is 0.296 e. The van der Waals surface area contributed by atoms with Gasteiger partial charge in [-0.25, -0.2) is 0 Å². The van der Waals surface area contributed by atoms with Crippen molar-refractivity contribution in [1.29, 1.82) is 0 Å². The highest BCUT2D eigenvalue weighted by molar-refractivity contribution is 14.1. The van der Waals surface area contributed by atoms with Crippen molar-refractivity contribution >= 4 is 34.2 Å². The molecule has 0 aliphatic heterocycles. The van der Waals surface area contributed by atoms with Gasteiger partial charge >= 0.3 is 0 Å². The molecule has 0 saturated carbocycles. The molecule has 0 aliphatic rings. The molecule has 6 heteroatoms. The first-order chi connectivity index (χ1) is 7.79. The molecule has 0 saturated heterocycles. The number of rotatable bonds is 5. The fourth-order valence-corrected chi connectivity index (χ4v) is 2.02. The third-order valence-corrected chi connectivity index (χ3v) is 3.20. The maximum absolute atomic E-state index is 12.6. The monoisotopic (exact) mass is 374 g/mol. The van der Waals surface area contributed by atoms with Gasteiger partial charge in [0.25, 0.3) is 3.93 Å². The number of hydrogen-bond donors (Lipinski definition) is 1. The van der Waals surface area contributed by atoms with Gasteiger partial charge in [-0.05, 0) is 54.0 Å². The van der Waals surface area contributed by atoms with Crippen LogP contribution in [-0.2, 0) is 6.42 Å². The van der Waals surface area contributed by atoms with Gasteiger partial charge < -0.3 is 5.73 Å². The number of nitrogens with zero attached hydrogens (tertiary/aromatic N) is 1. The normalized spacial score (nSPS) is 13.8. The molecule has 0 amide bonds. The van der Waals surface area contributed by atoms with E-state index in [1.165, 1.54) is 0 Å². The van der Waals surface area contributed by atoms with Crippen LogP contribution < -0.4 is 5.73 Å². The first-order valence-corrected chi connectivity index (χ1v) is 6.72. The molecule has 17 heavy (non-hydrogen) atoms. The molecule has 1 aromatic heterocycles. The van der Waals surface area contributed by atoms with E-state index in [9.17, 15) is 8.78 Å². The summed E-state index contributed by atoms with van der Waals surface area (Å²) < 4.78 is 22.6. The smallest absolute Gasteiger partial charge is 0.296 e. The summed E-state index contributed by atoms with van der Waals surface area (Å²) in [4.78, 5) is 4.16. The van der Waals surface area contributed by atoms with Crippen LogP contribution in [0.1, 0.15) is 37.1 Å². The summed E-state index contributed by atoms with van der Waals surface area (Å²) >= 11 is 7.15. The predicted octanol–water partition coefficient (Wildman–Crippen LogP) is 4.11. The van der Waals surface area contributed by atoms with Gasteiger partial charge in [0.1, 0.15) is 0 Å². The summed E-state index contributed by atoms with van der Waals surface area (Å²) in [5.74, 6) is 0. The Morgan fingerprint density at radius 2 is 2.24 bits per heavy atom. The fourth-order valence-electron chi connectivity index (χ4n) is 1.37. The van der Waals surface area contributed by atoms with Gasteiger partial charge in [0.15, 0.2) is 0 Å². The van der Waals surface area contributed by atoms with Crippen molar-refractivity contribution in [2.75, 3.05) is 0 Å². The molecule has 96 valence electrons. The Balaban J connectivity index is 2.61. The molecular formula is C11H14ClF2IN2. The van der Waals surface area contributed by atoms with Crippen molar-refractivity contribution in [3.8, 4) is 0 Å². The summed E-state index contributed by atoms with van der Waals surface area (Å²) in [7, 11) is 0. The lowest BCUT2D eigenvalue weighted by atomic mass is 10.1. The third kappa shape index (κ3) is 5.44. The van der Waals surface area contributed by atoms with Crippen LogP contribution in [0, 0.1) is 0 Å². The zero-order valence-corrected chi connectivity index (χ0v) is 12.3. The largest absolute Gasteiger partial charge is 0.324 e. The number of pyridine rings is 1. The lowest BCUT2D eigenvalue weighted by molar-refractivity contribution is 0.114. The molecule has 1 heterocycles. The highest BCUT2D eigenvalue weighted by Gasteiger charge is 2.22. The van der Waals surface area contributed by atoms with E-state index < -0.39 is 3.93 Å². The molecule has 0 radical (unpaired) electrons. The molecule has 0 spiro atoms. The Kier molecular flexibility index (Phi) is 5.53. The number of nitrogens with two attached hydrogens (primary N) is 1. The van der Waals surface area contributed by atoms with Crippen LogP contribution in [0.3, 0.4) is 0 Å². The van der Waals surface area contributed by atoms with E-state index >= 15 is 0 Å². The SMILES string of the molecule is CC(N)c1cnc(CCCC(F)(F)I)c(Cl)c1. The third-order valence-electron chi connectivity index (χ3n) is 2.34. The molecule has 0 aliphatic carbocycles. The number of alkyl halides is 3. The second-order valence-corrected chi connectivity index (χ2v) is 5.94. The van der Waals surface area contributed by atoms with Crippen molar-refractivity contribution in [3.63, 3.8) is 0 Å². The molecule has 0 bridgehead atoms. The van der Waals surface area contributed by atoms with E-state index in [2.05, 4.69) is 4.98 Å². The molecule has 1 rings (SSSR count). The molecule has 2 N–H and O–H groups in total. The maximum atomic E-state index is 12.6. The molecule has 0 fully saturated rings. The zero-order valence-electron chi connectivity index (χ0n) is 9.39. The fraction of sp³-hybridized carbons (Fsp3) is 0.545. The number of aromatic nitrogens is 1. The van der Waals surface area contributed by atoms with Gasteiger partial charge in [-0.2, -0.15) is 8.78 Å². The highest BCUT2D eigenvalue weighted by Crippen LogP contribution is 2.29. The summed E-state index contributed by atoms with van der Waals surface area (Å²) in [5, 5.41) is 0.497. The van der Waals surface area contributed by atoms with Crippen molar-refractivity contribution in [3.05, 3.63) is 28.5 Å². The van der Waals surface area contributed by atoms with E-state index in [0.717, 1.165) is 28.2 Å². The number of hydrogen-bond acceptors (Lipinski definition) is 2. The Labute approximate surface area is 118 Å². The standard InChI is InChI=1S/C11H14ClF2IN2/c1-7(16)8-5-9(12)10(17-6-8)3-2-4-11(13,14)15/h5-7H,2-4,16H2,1H3.